The molecule has 6 nitrogen and oxygen atoms in total. The Balaban J connectivity index is 4.49. The van der Waals surface area contributed by atoms with Gasteiger partial charge in [0.15, 0.2) is 5.78 Å². The van der Waals surface area contributed by atoms with E-state index in [1.807, 2.05) is 0 Å². The van der Waals surface area contributed by atoms with Crippen LogP contribution in [0.1, 0.15) is 13.3 Å². The van der Waals surface area contributed by atoms with Gasteiger partial charge in [-0.15, -0.1) is 0 Å². The first-order valence-electron chi connectivity index (χ1n) is 4.50. The molecule has 0 aliphatic heterocycles. The molecule has 0 aliphatic carbocycles. The molecule has 0 aliphatic rings. The zero-order valence-electron chi connectivity index (χ0n) is 9.35. The van der Waals surface area contributed by atoms with E-state index in [1.165, 1.54) is 6.92 Å². The zero-order valence-corrected chi connectivity index (χ0v) is 9.35. The van der Waals surface area contributed by atoms with E-state index in [0.29, 0.717) is 0 Å². The summed E-state index contributed by atoms with van der Waals surface area (Å²) in [6.45, 7) is 1.38. The lowest BCUT2D eigenvalue weighted by Crippen LogP contribution is -2.19. The normalized spacial score (nSPS) is 12.8. The lowest BCUT2D eigenvalue weighted by atomic mass is 10.0. The first-order chi connectivity index (χ1) is 7.42. The van der Waals surface area contributed by atoms with Gasteiger partial charge in [-0.05, 0) is 6.92 Å². The van der Waals surface area contributed by atoms with Crippen molar-refractivity contribution in [3.8, 4) is 0 Å². The van der Waals surface area contributed by atoms with Gasteiger partial charge in [-0.25, -0.2) is 4.79 Å². The van der Waals surface area contributed by atoms with Crippen LogP contribution in [0, 0.1) is 5.92 Å². The molecule has 1 N–H and O–H groups in total. The Bertz CT molecular complexity index is 317. The minimum absolute atomic E-state index is 0.444. The van der Waals surface area contributed by atoms with Crippen molar-refractivity contribution in [2.24, 2.45) is 5.92 Å². The van der Waals surface area contributed by atoms with Crippen molar-refractivity contribution in [2.45, 2.75) is 13.3 Å². The third kappa shape index (κ3) is 4.59. The summed E-state index contributed by atoms with van der Waals surface area (Å²) in [5.41, 5.74) is 0. The van der Waals surface area contributed by atoms with Crippen molar-refractivity contribution in [1.29, 1.82) is 0 Å². The van der Waals surface area contributed by atoms with Crippen molar-refractivity contribution < 1.29 is 29.0 Å². The minimum Gasteiger partial charge on any atom is -0.511 e. The van der Waals surface area contributed by atoms with Gasteiger partial charge in [0.1, 0.15) is 12.2 Å². The third-order valence-corrected chi connectivity index (χ3v) is 1.94. The van der Waals surface area contributed by atoms with Gasteiger partial charge in [0.05, 0.1) is 26.2 Å². The first kappa shape index (κ1) is 14.2. The number of aliphatic hydroxyl groups excluding tert-OH is 1. The van der Waals surface area contributed by atoms with Crippen LogP contribution in [0.5, 0.6) is 0 Å². The molecule has 0 spiro atoms. The fraction of sp³-hybridized carbons (Fsp3) is 0.500. The van der Waals surface area contributed by atoms with Crippen LogP contribution in [-0.4, -0.2) is 37.0 Å². The fourth-order valence-corrected chi connectivity index (χ4v) is 0.837. The van der Waals surface area contributed by atoms with E-state index in [4.69, 9.17) is 0 Å². The smallest absolute Gasteiger partial charge is 0.333 e. The van der Waals surface area contributed by atoms with Gasteiger partial charge < -0.3 is 14.6 Å². The molecule has 0 amide bonds. The van der Waals surface area contributed by atoms with E-state index >= 15 is 0 Å². The van der Waals surface area contributed by atoms with Crippen LogP contribution in [0.2, 0.25) is 0 Å². The molecule has 0 heterocycles. The second-order valence-electron chi connectivity index (χ2n) is 3.03. The average molecular weight is 230 g/mol. The molecule has 0 bridgehead atoms. The summed E-state index contributed by atoms with van der Waals surface area (Å²) in [4.78, 5) is 32.9. The van der Waals surface area contributed by atoms with E-state index in [1.54, 1.807) is 0 Å². The number of hydrogen-bond donors (Lipinski definition) is 1. The number of carbonyl (C=O) groups is 3. The summed E-state index contributed by atoms with van der Waals surface area (Å²) in [5, 5.41) is 9.36. The number of rotatable bonds is 5. The van der Waals surface area contributed by atoms with E-state index < -0.39 is 35.8 Å². The topological polar surface area (TPSA) is 89.9 Å². The summed E-state index contributed by atoms with van der Waals surface area (Å²) in [6.07, 6.45) is 0.344. The van der Waals surface area contributed by atoms with E-state index in [-0.39, 0.29) is 0 Å². The summed E-state index contributed by atoms with van der Waals surface area (Å²) < 4.78 is 8.58. The zero-order chi connectivity index (χ0) is 12.7. The number of hydrogen-bond acceptors (Lipinski definition) is 6. The maximum Gasteiger partial charge on any atom is 0.333 e. The van der Waals surface area contributed by atoms with Crippen molar-refractivity contribution in [3.05, 3.63) is 11.8 Å². The number of aliphatic hydroxyl groups is 1. The highest BCUT2D eigenvalue weighted by atomic mass is 16.5. The molecule has 0 saturated carbocycles. The summed E-state index contributed by atoms with van der Waals surface area (Å²) in [7, 11) is 2.30. The predicted molar refractivity (Wildman–Crippen MR) is 53.5 cm³/mol. The molecule has 0 fully saturated rings. The number of Topliss-reactive ketones (excluding diaryl/α,β-unsaturated/α-hetero) is 1. The number of carbonyl (C=O) groups excluding carboxylic acids is 3. The Labute approximate surface area is 92.8 Å². The van der Waals surface area contributed by atoms with Crippen LogP contribution in [0.3, 0.4) is 0 Å². The van der Waals surface area contributed by atoms with Gasteiger partial charge in [-0.2, -0.15) is 0 Å². The highest BCUT2D eigenvalue weighted by molar-refractivity contribution is 5.98. The number of ether oxygens (including phenoxy) is 2. The quantitative estimate of drug-likeness (QED) is 0.317. The van der Waals surface area contributed by atoms with Crippen LogP contribution >= 0.6 is 0 Å². The average Bonchev–Trinajstić information content (AvgIpc) is 2.27. The summed E-state index contributed by atoms with van der Waals surface area (Å²) in [6, 6.07) is 0. The van der Waals surface area contributed by atoms with Crippen LogP contribution in [0.25, 0.3) is 0 Å². The Morgan fingerprint density at radius 1 is 1.25 bits per heavy atom. The highest BCUT2D eigenvalue weighted by Gasteiger charge is 2.21. The molecule has 0 saturated heterocycles. The van der Waals surface area contributed by atoms with E-state index in [2.05, 4.69) is 9.47 Å². The number of esters is 2. The molecule has 0 aromatic rings. The van der Waals surface area contributed by atoms with Crippen LogP contribution in [0.4, 0.5) is 0 Å². The Hall–Kier alpha value is -1.85. The SMILES string of the molecule is COC(=O)/C=C(\O)C(C)C(=O)CC(=O)OC. The van der Waals surface area contributed by atoms with E-state index in [0.717, 1.165) is 20.3 Å². The molecule has 0 radical (unpaired) electrons. The Morgan fingerprint density at radius 2 is 1.81 bits per heavy atom. The molecule has 0 aromatic heterocycles. The van der Waals surface area contributed by atoms with Crippen LogP contribution in [0.15, 0.2) is 11.8 Å². The molecular formula is C10H14O6. The Morgan fingerprint density at radius 3 is 2.25 bits per heavy atom. The van der Waals surface area contributed by atoms with Gasteiger partial charge in [0, 0.05) is 0 Å². The van der Waals surface area contributed by atoms with Crippen molar-refractivity contribution in [3.63, 3.8) is 0 Å². The van der Waals surface area contributed by atoms with Gasteiger partial charge >= 0.3 is 11.9 Å². The molecule has 6 heteroatoms. The molecule has 90 valence electrons. The molecular weight excluding hydrogens is 216 g/mol. The summed E-state index contributed by atoms with van der Waals surface area (Å²) >= 11 is 0. The molecule has 0 rings (SSSR count). The van der Waals surface area contributed by atoms with Gasteiger partial charge in [-0.3, -0.25) is 9.59 Å². The van der Waals surface area contributed by atoms with Gasteiger partial charge in [-0.1, -0.05) is 0 Å². The van der Waals surface area contributed by atoms with Crippen molar-refractivity contribution in [2.75, 3.05) is 14.2 Å². The maximum atomic E-state index is 11.4. The number of methoxy groups -OCH3 is 2. The van der Waals surface area contributed by atoms with Crippen LogP contribution in [-0.2, 0) is 23.9 Å². The van der Waals surface area contributed by atoms with Gasteiger partial charge in [0.25, 0.3) is 0 Å². The molecule has 1 atom stereocenters. The van der Waals surface area contributed by atoms with Crippen molar-refractivity contribution in [1.82, 2.24) is 0 Å². The second-order valence-corrected chi connectivity index (χ2v) is 3.03. The van der Waals surface area contributed by atoms with E-state index in [9.17, 15) is 19.5 Å². The molecule has 1 unspecified atom stereocenters. The van der Waals surface area contributed by atoms with Gasteiger partial charge in [0.2, 0.25) is 0 Å². The lowest BCUT2D eigenvalue weighted by Gasteiger charge is -2.08. The van der Waals surface area contributed by atoms with Crippen LogP contribution < -0.4 is 0 Å². The van der Waals surface area contributed by atoms with Crippen molar-refractivity contribution >= 4 is 17.7 Å². The lowest BCUT2D eigenvalue weighted by molar-refractivity contribution is -0.144. The first-order valence-corrected chi connectivity index (χ1v) is 4.50. The fourth-order valence-electron chi connectivity index (χ4n) is 0.837. The standard InChI is InChI=1S/C10H14O6/c1-6(7(11)4-9(13)15-2)8(12)5-10(14)16-3/h4,6,11H,5H2,1-3H3/b7-4-. The number of allylic oxidation sites excluding steroid dienone is 1. The maximum absolute atomic E-state index is 11.4. The minimum atomic E-state index is -0.946. The summed E-state index contributed by atoms with van der Waals surface area (Å²) in [5.74, 6) is -3.39. The second kappa shape index (κ2) is 6.60. The number of ketones is 1. The predicted octanol–water partition coefficient (Wildman–Crippen LogP) is 0.370. The monoisotopic (exact) mass is 230 g/mol. The third-order valence-electron chi connectivity index (χ3n) is 1.94. The molecule has 16 heavy (non-hydrogen) atoms. The highest BCUT2D eigenvalue weighted by Crippen LogP contribution is 2.11. The largest absolute Gasteiger partial charge is 0.511 e. The Kier molecular flexibility index (Phi) is 5.84. The molecule has 0 aromatic carbocycles.